The van der Waals surface area contributed by atoms with Crippen molar-refractivity contribution in [2.45, 2.75) is 12.5 Å². The number of aliphatic carboxylic acids is 1. The number of amides is 1. The SMILES string of the molecule is COC(=O)N[C@@H](Cc1ccccc1Br)C(=O)O. The minimum Gasteiger partial charge on any atom is -0.480 e. The third-order valence-corrected chi connectivity index (χ3v) is 2.93. The molecular weight excluding hydrogens is 290 g/mol. The minimum absolute atomic E-state index is 0.186. The van der Waals surface area contributed by atoms with Crippen LogP contribution in [0.5, 0.6) is 0 Å². The standard InChI is InChI=1S/C11H12BrNO4/c1-17-11(16)13-9(10(14)15)6-7-4-2-3-5-8(7)12/h2-5,9H,6H2,1H3,(H,13,16)(H,14,15)/t9-/m0/s1. The molecule has 1 aromatic rings. The zero-order chi connectivity index (χ0) is 12.8. The van der Waals surface area contributed by atoms with Crippen molar-refractivity contribution >= 4 is 28.0 Å². The largest absolute Gasteiger partial charge is 0.480 e. The predicted molar refractivity (Wildman–Crippen MR) is 64.8 cm³/mol. The fourth-order valence-electron chi connectivity index (χ4n) is 1.29. The van der Waals surface area contributed by atoms with Gasteiger partial charge in [0.15, 0.2) is 0 Å². The molecule has 0 fully saturated rings. The van der Waals surface area contributed by atoms with Gasteiger partial charge in [0.05, 0.1) is 7.11 Å². The second-order valence-electron chi connectivity index (χ2n) is 3.32. The Labute approximate surface area is 107 Å². The molecule has 1 aromatic carbocycles. The van der Waals surface area contributed by atoms with Crippen LogP contribution in [0.15, 0.2) is 28.7 Å². The Morgan fingerprint density at radius 3 is 2.65 bits per heavy atom. The molecule has 1 atom stereocenters. The highest BCUT2D eigenvalue weighted by Gasteiger charge is 2.21. The average molecular weight is 302 g/mol. The number of carbonyl (C=O) groups is 2. The Morgan fingerprint density at radius 1 is 1.47 bits per heavy atom. The lowest BCUT2D eigenvalue weighted by Crippen LogP contribution is -2.42. The number of alkyl carbamates (subject to hydrolysis) is 1. The molecule has 6 heteroatoms. The van der Waals surface area contributed by atoms with Crippen molar-refractivity contribution in [3.05, 3.63) is 34.3 Å². The predicted octanol–water partition coefficient (Wildman–Crippen LogP) is 1.80. The van der Waals surface area contributed by atoms with Crippen LogP contribution in [-0.2, 0) is 16.0 Å². The van der Waals surface area contributed by atoms with Crippen molar-refractivity contribution in [2.75, 3.05) is 7.11 Å². The van der Waals surface area contributed by atoms with Crippen LogP contribution in [0.2, 0.25) is 0 Å². The number of nitrogens with one attached hydrogen (secondary N) is 1. The summed E-state index contributed by atoms with van der Waals surface area (Å²) in [7, 11) is 1.19. The highest BCUT2D eigenvalue weighted by Crippen LogP contribution is 2.17. The Balaban J connectivity index is 2.77. The zero-order valence-electron chi connectivity index (χ0n) is 9.14. The molecule has 2 N–H and O–H groups in total. The smallest absolute Gasteiger partial charge is 0.407 e. The maximum absolute atomic E-state index is 11.0. The molecule has 92 valence electrons. The summed E-state index contributed by atoms with van der Waals surface area (Å²) in [6.45, 7) is 0. The maximum Gasteiger partial charge on any atom is 0.407 e. The van der Waals surface area contributed by atoms with Gasteiger partial charge in [0, 0.05) is 10.9 Å². The number of carboxylic acid groups (broad SMARTS) is 1. The van der Waals surface area contributed by atoms with Crippen LogP contribution in [0.3, 0.4) is 0 Å². The fraction of sp³-hybridized carbons (Fsp3) is 0.273. The second kappa shape index (κ2) is 6.24. The molecular formula is C11H12BrNO4. The summed E-state index contributed by atoms with van der Waals surface area (Å²) in [5.74, 6) is -1.11. The lowest BCUT2D eigenvalue weighted by Gasteiger charge is -2.14. The van der Waals surface area contributed by atoms with Crippen LogP contribution in [0.1, 0.15) is 5.56 Å². The number of ether oxygens (including phenoxy) is 1. The number of benzene rings is 1. The third-order valence-electron chi connectivity index (χ3n) is 2.16. The van der Waals surface area contributed by atoms with E-state index in [1.807, 2.05) is 12.1 Å². The average Bonchev–Trinajstić information content (AvgIpc) is 2.30. The van der Waals surface area contributed by atoms with Crippen LogP contribution < -0.4 is 5.32 Å². The molecule has 0 bridgehead atoms. The van der Waals surface area contributed by atoms with Gasteiger partial charge in [-0.1, -0.05) is 34.1 Å². The summed E-state index contributed by atoms with van der Waals surface area (Å²) in [6, 6.07) is 6.22. The Morgan fingerprint density at radius 2 is 2.12 bits per heavy atom. The van der Waals surface area contributed by atoms with Gasteiger partial charge in [-0.2, -0.15) is 0 Å². The summed E-state index contributed by atoms with van der Waals surface area (Å²) >= 11 is 3.32. The van der Waals surface area contributed by atoms with E-state index in [0.29, 0.717) is 0 Å². The van der Waals surface area contributed by atoms with Gasteiger partial charge in [0.25, 0.3) is 0 Å². The van der Waals surface area contributed by atoms with Crippen molar-refractivity contribution in [1.82, 2.24) is 5.32 Å². The summed E-state index contributed by atoms with van der Waals surface area (Å²) < 4.78 is 5.18. The summed E-state index contributed by atoms with van der Waals surface area (Å²) in [6.07, 6.45) is -0.573. The Hall–Kier alpha value is -1.56. The van der Waals surface area contributed by atoms with Crippen LogP contribution in [0, 0.1) is 0 Å². The van der Waals surface area contributed by atoms with E-state index in [1.165, 1.54) is 7.11 Å². The maximum atomic E-state index is 11.0. The van der Waals surface area contributed by atoms with Crippen LogP contribution >= 0.6 is 15.9 Å². The van der Waals surface area contributed by atoms with E-state index in [9.17, 15) is 9.59 Å². The van der Waals surface area contributed by atoms with Gasteiger partial charge in [-0.05, 0) is 11.6 Å². The molecule has 0 radical (unpaired) electrons. The van der Waals surface area contributed by atoms with Gasteiger partial charge in [0.1, 0.15) is 6.04 Å². The molecule has 0 saturated heterocycles. The molecule has 0 aliphatic rings. The van der Waals surface area contributed by atoms with E-state index in [1.54, 1.807) is 12.1 Å². The summed E-state index contributed by atoms with van der Waals surface area (Å²) in [5, 5.41) is 11.2. The van der Waals surface area contributed by atoms with Crippen molar-refractivity contribution in [2.24, 2.45) is 0 Å². The number of halogens is 1. The van der Waals surface area contributed by atoms with E-state index in [2.05, 4.69) is 26.0 Å². The number of carbonyl (C=O) groups excluding carboxylic acids is 1. The lowest BCUT2D eigenvalue weighted by atomic mass is 10.1. The first-order valence-corrected chi connectivity index (χ1v) is 5.64. The quantitative estimate of drug-likeness (QED) is 0.889. The molecule has 0 unspecified atom stereocenters. The van der Waals surface area contributed by atoms with E-state index >= 15 is 0 Å². The van der Waals surface area contributed by atoms with Crippen molar-refractivity contribution < 1.29 is 19.4 Å². The Bertz CT molecular complexity index is 422. The lowest BCUT2D eigenvalue weighted by molar-refractivity contribution is -0.139. The highest BCUT2D eigenvalue weighted by molar-refractivity contribution is 9.10. The molecule has 0 aliphatic carbocycles. The summed E-state index contributed by atoms with van der Waals surface area (Å²) in [4.78, 5) is 22.0. The minimum atomic E-state index is -1.11. The van der Waals surface area contributed by atoms with Crippen molar-refractivity contribution in [3.8, 4) is 0 Å². The number of carboxylic acids is 1. The van der Waals surface area contributed by atoms with Crippen LogP contribution in [0.4, 0.5) is 4.79 Å². The van der Waals surface area contributed by atoms with E-state index in [0.717, 1.165) is 10.0 Å². The second-order valence-corrected chi connectivity index (χ2v) is 4.18. The van der Waals surface area contributed by atoms with Gasteiger partial charge in [-0.25, -0.2) is 9.59 Å². The molecule has 0 heterocycles. The third kappa shape index (κ3) is 4.07. The molecule has 0 spiro atoms. The van der Waals surface area contributed by atoms with Gasteiger partial charge in [-0.15, -0.1) is 0 Å². The number of hydrogen-bond acceptors (Lipinski definition) is 3. The van der Waals surface area contributed by atoms with Gasteiger partial charge in [0.2, 0.25) is 0 Å². The first-order valence-electron chi connectivity index (χ1n) is 4.85. The van der Waals surface area contributed by atoms with Crippen molar-refractivity contribution in [3.63, 3.8) is 0 Å². The van der Waals surface area contributed by atoms with Gasteiger partial charge in [-0.3, -0.25) is 0 Å². The van der Waals surface area contributed by atoms with Crippen molar-refractivity contribution in [1.29, 1.82) is 0 Å². The zero-order valence-corrected chi connectivity index (χ0v) is 10.7. The number of methoxy groups -OCH3 is 1. The first-order chi connectivity index (χ1) is 8.04. The van der Waals surface area contributed by atoms with E-state index in [-0.39, 0.29) is 6.42 Å². The molecule has 0 aromatic heterocycles. The van der Waals surface area contributed by atoms with Crippen LogP contribution in [-0.4, -0.2) is 30.3 Å². The molecule has 0 saturated carbocycles. The molecule has 17 heavy (non-hydrogen) atoms. The fourth-order valence-corrected chi connectivity index (χ4v) is 1.73. The topological polar surface area (TPSA) is 75.6 Å². The van der Waals surface area contributed by atoms with Gasteiger partial charge >= 0.3 is 12.1 Å². The highest BCUT2D eigenvalue weighted by atomic mass is 79.9. The molecule has 5 nitrogen and oxygen atoms in total. The Kier molecular flexibility index (Phi) is 4.96. The summed E-state index contributed by atoms with van der Waals surface area (Å²) in [5.41, 5.74) is 0.802. The monoisotopic (exact) mass is 301 g/mol. The molecule has 0 aliphatic heterocycles. The van der Waals surface area contributed by atoms with Crippen LogP contribution in [0.25, 0.3) is 0 Å². The molecule has 1 amide bonds. The first kappa shape index (κ1) is 13.5. The number of hydrogen-bond donors (Lipinski definition) is 2. The van der Waals surface area contributed by atoms with Gasteiger partial charge < -0.3 is 15.2 Å². The number of rotatable bonds is 4. The normalized spacial score (nSPS) is 11.6. The van der Waals surface area contributed by atoms with E-state index < -0.39 is 18.1 Å². The molecule has 1 rings (SSSR count). The van der Waals surface area contributed by atoms with E-state index in [4.69, 9.17) is 5.11 Å².